The molecule has 5 rings (SSSR count). The van der Waals surface area contributed by atoms with Crippen LogP contribution in [0.25, 0.3) is 21.6 Å². The molecule has 7 heteroatoms. The van der Waals surface area contributed by atoms with E-state index < -0.39 is 23.8 Å². The summed E-state index contributed by atoms with van der Waals surface area (Å²) in [5.74, 6) is -0.525. The number of ether oxygens (including phenoxy) is 1. The van der Waals surface area contributed by atoms with Gasteiger partial charge < -0.3 is 4.74 Å². The van der Waals surface area contributed by atoms with E-state index in [1.807, 2.05) is 24.3 Å². The highest BCUT2D eigenvalue weighted by atomic mass is 35.5. The normalized spacial score (nSPS) is 13.9. The van der Waals surface area contributed by atoms with Gasteiger partial charge in [-0.1, -0.05) is 60.1 Å². The van der Waals surface area contributed by atoms with Gasteiger partial charge in [0, 0.05) is 5.56 Å². The summed E-state index contributed by atoms with van der Waals surface area (Å²) in [4.78, 5) is 13.3. The maximum atomic E-state index is 14.0. The van der Waals surface area contributed by atoms with Gasteiger partial charge in [0.05, 0.1) is 14.9 Å². The zero-order valence-electron chi connectivity index (χ0n) is 18.9. The molecule has 35 heavy (non-hydrogen) atoms. The van der Waals surface area contributed by atoms with Gasteiger partial charge in [-0.2, -0.15) is 0 Å². The van der Waals surface area contributed by atoms with Crippen molar-refractivity contribution >= 4 is 34.7 Å². The first kappa shape index (κ1) is 23.5. The van der Waals surface area contributed by atoms with E-state index in [1.165, 1.54) is 36.7 Å². The fraction of sp³-hybridized carbons (Fsp3) is 0.179. The number of nitrogens with one attached hydrogen (secondary N) is 1. The van der Waals surface area contributed by atoms with Gasteiger partial charge in [-0.3, -0.25) is 5.32 Å². The second kappa shape index (κ2) is 9.80. The molecule has 3 aromatic carbocycles. The Kier molecular flexibility index (Phi) is 6.58. The largest absolute Gasteiger partial charge is 0.441 e. The Bertz CT molecular complexity index is 1360. The van der Waals surface area contributed by atoms with Crippen LogP contribution in [0, 0.1) is 11.6 Å². The lowest BCUT2D eigenvalue weighted by molar-refractivity contribution is 0.119. The molecule has 0 saturated heterocycles. The molecule has 3 nitrogen and oxygen atoms in total. The number of hydrogen-bond acceptors (Lipinski definition) is 3. The molecule has 1 fully saturated rings. The first-order valence-electron chi connectivity index (χ1n) is 11.3. The van der Waals surface area contributed by atoms with E-state index >= 15 is 0 Å². The van der Waals surface area contributed by atoms with Crippen LogP contribution in [-0.2, 0) is 4.74 Å². The molecule has 178 valence electrons. The second-order valence-electron chi connectivity index (χ2n) is 8.61. The van der Waals surface area contributed by atoms with Crippen molar-refractivity contribution in [3.8, 4) is 21.6 Å². The molecule has 0 unspecified atom stereocenters. The molecule has 0 radical (unpaired) electrons. The second-order valence-corrected chi connectivity index (χ2v) is 10.3. The van der Waals surface area contributed by atoms with Crippen molar-refractivity contribution in [1.82, 2.24) is 0 Å². The van der Waals surface area contributed by atoms with Crippen molar-refractivity contribution in [3.63, 3.8) is 0 Å². The van der Waals surface area contributed by atoms with Gasteiger partial charge in [0.1, 0.15) is 17.7 Å². The fourth-order valence-corrected chi connectivity index (χ4v) is 5.22. The summed E-state index contributed by atoms with van der Waals surface area (Å²) in [5, 5.41) is 2.68. The average Bonchev–Trinajstić information content (AvgIpc) is 3.63. The molecule has 1 atom stereocenters. The van der Waals surface area contributed by atoms with Gasteiger partial charge in [-0.05, 0) is 72.2 Å². The van der Waals surface area contributed by atoms with Gasteiger partial charge in [0.2, 0.25) is 0 Å². The first-order valence-corrected chi connectivity index (χ1v) is 12.5. The summed E-state index contributed by atoms with van der Waals surface area (Å²) in [5.41, 5.74) is 4.97. The van der Waals surface area contributed by atoms with E-state index in [2.05, 4.69) is 29.6 Å². The van der Waals surface area contributed by atoms with Crippen LogP contribution < -0.4 is 5.32 Å². The molecule has 1 heterocycles. The lowest BCUT2D eigenvalue weighted by atomic mass is 10.0. The Morgan fingerprint density at radius 2 is 1.60 bits per heavy atom. The van der Waals surface area contributed by atoms with Crippen molar-refractivity contribution in [2.75, 3.05) is 5.32 Å². The number of hydrogen-bond donors (Lipinski definition) is 1. The minimum atomic E-state index is -0.978. The highest BCUT2D eigenvalue weighted by molar-refractivity contribution is 7.20. The molecule has 0 spiro atoms. The third-order valence-electron chi connectivity index (χ3n) is 6.06. The highest BCUT2D eigenvalue weighted by Crippen LogP contribution is 2.42. The Balaban J connectivity index is 1.30. The Labute approximate surface area is 211 Å². The maximum absolute atomic E-state index is 14.0. The molecule has 0 aliphatic heterocycles. The van der Waals surface area contributed by atoms with Crippen molar-refractivity contribution in [3.05, 3.63) is 99.9 Å². The van der Waals surface area contributed by atoms with Gasteiger partial charge in [0.25, 0.3) is 0 Å². The predicted octanol–water partition coefficient (Wildman–Crippen LogP) is 9.20. The average molecular weight is 510 g/mol. The van der Waals surface area contributed by atoms with Gasteiger partial charge >= 0.3 is 6.09 Å². The van der Waals surface area contributed by atoms with Crippen LogP contribution in [0.5, 0.6) is 0 Å². The minimum absolute atomic E-state index is 0.0375. The molecule has 1 aromatic heterocycles. The summed E-state index contributed by atoms with van der Waals surface area (Å²) in [6.07, 6.45) is 0.794. The zero-order valence-corrected chi connectivity index (χ0v) is 20.4. The van der Waals surface area contributed by atoms with E-state index in [-0.39, 0.29) is 5.56 Å². The molecular formula is C28H22ClF2NO2S. The minimum Gasteiger partial charge on any atom is -0.441 e. The molecule has 1 amide bonds. The van der Waals surface area contributed by atoms with E-state index in [0.717, 1.165) is 45.7 Å². The van der Waals surface area contributed by atoms with Crippen LogP contribution in [0.1, 0.15) is 42.9 Å². The number of benzene rings is 3. The van der Waals surface area contributed by atoms with Crippen molar-refractivity contribution in [2.45, 2.75) is 31.8 Å². The quantitative estimate of drug-likeness (QED) is 0.281. The molecule has 1 N–H and O–H groups in total. The van der Waals surface area contributed by atoms with Gasteiger partial charge in [0.15, 0.2) is 0 Å². The first-order chi connectivity index (χ1) is 16.9. The highest BCUT2D eigenvalue weighted by Gasteiger charge is 2.23. The summed E-state index contributed by atoms with van der Waals surface area (Å²) in [6.45, 7) is 1.48. The third-order valence-corrected chi connectivity index (χ3v) is 7.37. The van der Waals surface area contributed by atoms with Crippen molar-refractivity contribution < 1.29 is 18.3 Å². The summed E-state index contributed by atoms with van der Waals surface area (Å²) < 4.78 is 33.3. The molecule has 1 saturated carbocycles. The SMILES string of the molecule is C[C@@H](OC(=O)Nc1cc(Cl)sc1-c1ccc(-c2ccc(C3CC3)cc2)cc1)c1cc(F)ccc1F. The topological polar surface area (TPSA) is 38.3 Å². The van der Waals surface area contributed by atoms with E-state index in [0.29, 0.717) is 10.0 Å². The standard InChI is InChI=1S/C28H22ClF2NO2S/c1-16(23-14-22(30)12-13-24(23)31)34-28(33)32-25-15-26(29)35-27(25)21-10-8-20(9-11-21)19-6-4-18(5-7-19)17-2-3-17/h4-17H,2-3H2,1H3,(H,32,33)/t16-/m1/s1. The monoisotopic (exact) mass is 509 g/mol. The van der Waals surface area contributed by atoms with Crippen LogP contribution >= 0.6 is 22.9 Å². The predicted molar refractivity (Wildman–Crippen MR) is 137 cm³/mol. The van der Waals surface area contributed by atoms with Gasteiger partial charge in [-0.25, -0.2) is 13.6 Å². The number of amides is 1. The number of carbonyl (C=O) groups is 1. The zero-order chi connectivity index (χ0) is 24.5. The Hall–Kier alpha value is -3.22. The molecule has 1 aliphatic carbocycles. The Morgan fingerprint density at radius 1 is 0.971 bits per heavy atom. The van der Waals surface area contributed by atoms with Crippen LogP contribution in [0.15, 0.2) is 72.8 Å². The number of anilines is 1. The molecule has 4 aromatic rings. The molecule has 1 aliphatic rings. The Morgan fingerprint density at radius 3 is 2.26 bits per heavy atom. The van der Waals surface area contributed by atoms with E-state index in [9.17, 15) is 13.6 Å². The van der Waals surface area contributed by atoms with Crippen LogP contribution in [0.3, 0.4) is 0 Å². The number of carbonyl (C=O) groups excluding carboxylic acids is 1. The van der Waals surface area contributed by atoms with E-state index in [4.69, 9.17) is 16.3 Å². The van der Waals surface area contributed by atoms with E-state index in [1.54, 1.807) is 6.07 Å². The van der Waals surface area contributed by atoms with Crippen LogP contribution in [0.2, 0.25) is 4.34 Å². The molecular weight excluding hydrogens is 488 g/mol. The van der Waals surface area contributed by atoms with Crippen molar-refractivity contribution in [1.29, 1.82) is 0 Å². The van der Waals surface area contributed by atoms with Crippen LogP contribution in [0.4, 0.5) is 19.3 Å². The number of rotatable bonds is 6. The van der Waals surface area contributed by atoms with Crippen molar-refractivity contribution in [2.24, 2.45) is 0 Å². The summed E-state index contributed by atoms with van der Waals surface area (Å²) in [7, 11) is 0. The maximum Gasteiger partial charge on any atom is 0.412 e. The smallest absolute Gasteiger partial charge is 0.412 e. The number of halogens is 3. The lowest BCUT2D eigenvalue weighted by Gasteiger charge is -2.15. The summed E-state index contributed by atoms with van der Waals surface area (Å²) in [6, 6.07) is 21.4. The fourth-order valence-electron chi connectivity index (χ4n) is 4.04. The number of thiophene rings is 1. The van der Waals surface area contributed by atoms with Gasteiger partial charge in [-0.15, -0.1) is 11.3 Å². The molecule has 0 bridgehead atoms. The van der Waals surface area contributed by atoms with Crippen LogP contribution in [-0.4, -0.2) is 6.09 Å². The lowest BCUT2D eigenvalue weighted by Crippen LogP contribution is -2.16. The third kappa shape index (κ3) is 5.39. The summed E-state index contributed by atoms with van der Waals surface area (Å²) >= 11 is 7.57.